The lowest BCUT2D eigenvalue weighted by molar-refractivity contribution is -0.143. The van der Waals surface area contributed by atoms with Crippen molar-refractivity contribution >= 4 is 50.3 Å². The fraction of sp³-hybridized carbons (Fsp3) is 0.429. The molecule has 2 atom stereocenters. The van der Waals surface area contributed by atoms with Crippen LogP contribution >= 0.6 is 15.9 Å². The highest BCUT2D eigenvalue weighted by molar-refractivity contribution is 9.10. The molecule has 2 fully saturated rings. The summed E-state index contributed by atoms with van der Waals surface area (Å²) in [4.78, 5) is 31.4. The highest BCUT2D eigenvalue weighted by Gasteiger charge is 2.32. The molecule has 0 saturated heterocycles. The zero-order valence-corrected chi connectivity index (χ0v) is 22.7. The summed E-state index contributed by atoms with van der Waals surface area (Å²) in [5, 5.41) is 14.0. The van der Waals surface area contributed by atoms with Gasteiger partial charge in [-0.2, -0.15) is 0 Å². The van der Waals surface area contributed by atoms with Gasteiger partial charge in [0.2, 0.25) is 0 Å². The van der Waals surface area contributed by atoms with Gasteiger partial charge in [-0.15, -0.1) is 5.10 Å². The zero-order chi connectivity index (χ0) is 26.3. The summed E-state index contributed by atoms with van der Waals surface area (Å²) in [5.41, 5.74) is 4.17. The Labute approximate surface area is 224 Å². The van der Waals surface area contributed by atoms with Crippen LogP contribution in [0.2, 0.25) is 0 Å². The zero-order valence-electron chi connectivity index (χ0n) is 21.1. The van der Waals surface area contributed by atoms with Crippen molar-refractivity contribution in [2.75, 3.05) is 4.90 Å². The van der Waals surface area contributed by atoms with Crippen LogP contribution in [0.5, 0.6) is 5.88 Å². The number of fused-ring (bicyclic) bond motifs is 1. The van der Waals surface area contributed by atoms with E-state index in [4.69, 9.17) is 9.72 Å². The molecule has 2 aromatic heterocycles. The van der Waals surface area contributed by atoms with Gasteiger partial charge in [-0.05, 0) is 99.6 Å². The lowest BCUT2D eigenvalue weighted by Gasteiger charge is -2.26. The van der Waals surface area contributed by atoms with Crippen LogP contribution < -0.4 is 9.64 Å². The molecule has 1 N–H and O–H groups in total. The van der Waals surface area contributed by atoms with Crippen molar-refractivity contribution in [3.63, 3.8) is 0 Å². The molecule has 5 rings (SSSR count). The summed E-state index contributed by atoms with van der Waals surface area (Å²) in [5.74, 6) is 5.03. The Balaban J connectivity index is 1.58. The number of aliphatic carboxylic acids is 1. The third-order valence-electron chi connectivity index (χ3n) is 7.14. The minimum absolute atomic E-state index is 0.252. The topological polar surface area (TPSA) is 97.6 Å². The van der Waals surface area contributed by atoms with E-state index in [2.05, 4.69) is 38.9 Å². The summed E-state index contributed by atoms with van der Waals surface area (Å²) in [7, 11) is 1.81. The van der Waals surface area contributed by atoms with Gasteiger partial charge in [0.15, 0.2) is 5.52 Å². The monoisotopic (exact) mass is 564 g/mol. The Morgan fingerprint density at radius 3 is 2.70 bits per heavy atom. The van der Waals surface area contributed by atoms with E-state index in [1.165, 1.54) is 0 Å². The number of amides is 1. The van der Waals surface area contributed by atoms with Crippen molar-refractivity contribution in [2.24, 2.45) is 13.0 Å². The van der Waals surface area contributed by atoms with E-state index in [-0.39, 0.29) is 12.0 Å². The number of hydrogen-bond acceptors (Lipinski definition) is 5. The molecule has 2 unspecified atom stereocenters. The number of aryl methyl sites for hydroxylation is 2. The van der Waals surface area contributed by atoms with Crippen LogP contribution in [0.15, 0.2) is 28.7 Å². The number of carboxylic acid groups (broad SMARTS) is 1. The number of carboxylic acids is 1. The van der Waals surface area contributed by atoms with Gasteiger partial charge in [-0.3, -0.25) is 19.2 Å². The maximum atomic E-state index is 13.4. The summed E-state index contributed by atoms with van der Waals surface area (Å²) < 4.78 is 8.93. The van der Waals surface area contributed by atoms with Crippen LogP contribution in [0.1, 0.15) is 62.5 Å². The number of benzene rings is 1. The first-order valence-corrected chi connectivity index (χ1v) is 13.4. The molecule has 9 heteroatoms. The molecule has 2 aliphatic rings. The average Bonchev–Trinajstić information content (AvgIpc) is 3.67. The highest BCUT2D eigenvalue weighted by Crippen LogP contribution is 2.47. The van der Waals surface area contributed by atoms with Crippen LogP contribution in [0.25, 0.3) is 11.0 Å². The normalized spacial score (nSPS) is 19.2. The molecule has 2 saturated carbocycles. The van der Waals surface area contributed by atoms with Crippen molar-refractivity contribution in [2.45, 2.75) is 64.4 Å². The standard InChI is InChI=1S/C28H29BrN4O4/c1-4-6-25(34)33(23-13-16(2)21(29)15-20(23)17-9-10-17)24-12-11-22-26(30-24)27(31-32(22)3)37-19-8-5-7-18(14-19)28(35)36/h11-13,15,17-19H,5,7-10,14H2,1-3H3,(H,35,36). The first-order chi connectivity index (χ1) is 17.8. The van der Waals surface area contributed by atoms with Crippen LogP contribution in [0.4, 0.5) is 11.5 Å². The van der Waals surface area contributed by atoms with Crippen molar-refractivity contribution in [3.05, 3.63) is 39.9 Å². The minimum atomic E-state index is -0.790. The number of halogens is 1. The van der Waals surface area contributed by atoms with Gasteiger partial charge in [-0.25, -0.2) is 4.98 Å². The number of anilines is 2. The van der Waals surface area contributed by atoms with Gasteiger partial charge in [0.25, 0.3) is 5.88 Å². The minimum Gasteiger partial charge on any atom is -0.481 e. The number of ether oxygens (including phenoxy) is 1. The van der Waals surface area contributed by atoms with Crippen LogP contribution in [0, 0.1) is 24.7 Å². The Kier molecular flexibility index (Phi) is 6.95. The quantitative estimate of drug-likeness (QED) is 0.390. The smallest absolute Gasteiger partial charge is 0.308 e. The van der Waals surface area contributed by atoms with Gasteiger partial charge < -0.3 is 9.84 Å². The van der Waals surface area contributed by atoms with Crippen molar-refractivity contribution in [3.8, 4) is 17.7 Å². The molecule has 1 amide bonds. The first-order valence-electron chi connectivity index (χ1n) is 12.6. The summed E-state index contributed by atoms with van der Waals surface area (Å²) >= 11 is 3.64. The van der Waals surface area contributed by atoms with Crippen LogP contribution in [0.3, 0.4) is 0 Å². The maximum absolute atomic E-state index is 13.4. The van der Waals surface area contributed by atoms with Crippen molar-refractivity contribution < 1.29 is 19.4 Å². The molecule has 3 aromatic rings. The van der Waals surface area contributed by atoms with E-state index in [0.29, 0.717) is 36.0 Å². The number of carbonyl (C=O) groups is 2. The van der Waals surface area contributed by atoms with Gasteiger partial charge in [0, 0.05) is 11.5 Å². The van der Waals surface area contributed by atoms with E-state index < -0.39 is 11.9 Å². The predicted molar refractivity (Wildman–Crippen MR) is 144 cm³/mol. The number of rotatable bonds is 6. The van der Waals surface area contributed by atoms with Gasteiger partial charge in [-0.1, -0.05) is 21.9 Å². The van der Waals surface area contributed by atoms with Crippen molar-refractivity contribution in [1.82, 2.24) is 14.8 Å². The molecule has 37 heavy (non-hydrogen) atoms. The molecular formula is C28H29BrN4O4. The first kappa shape index (κ1) is 25.3. The largest absolute Gasteiger partial charge is 0.481 e. The molecule has 1 aromatic carbocycles. The van der Waals surface area contributed by atoms with E-state index in [1.807, 2.05) is 26.1 Å². The van der Waals surface area contributed by atoms with Crippen molar-refractivity contribution in [1.29, 1.82) is 0 Å². The van der Waals surface area contributed by atoms with E-state index in [1.54, 1.807) is 22.6 Å². The highest BCUT2D eigenvalue weighted by atomic mass is 79.9. The molecule has 8 nitrogen and oxygen atoms in total. The Bertz CT molecular complexity index is 1450. The molecule has 0 radical (unpaired) electrons. The third-order valence-corrected chi connectivity index (χ3v) is 7.99. The molecule has 0 spiro atoms. The van der Waals surface area contributed by atoms with Crippen LogP contribution in [-0.2, 0) is 16.6 Å². The predicted octanol–water partition coefficient (Wildman–Crippen LogP) is 5.63. The lowest BCUT2D eigenvalue weighted by Crippen LogP contribution is -2.29. The fourth-order valence-corrected chi connectivity index (χ4v) is 5.39. The van der Waals surface area contributed by atoms with Crippen LogP contribution in [-0.4, -0.2) is 37.9 Å². The molecule has 192 valence electrons. The summed E-state index contributed by atoms with van der Waals surface area (Å²) in [6, 6.07) is 7.79. The molecule has 2 aliphatic carbocycles. The number of hydrogen-bond donors (Lipinski definition) is 1. The number of aromatic nitrogens is 3. The molecule has 0 bridgehead atoms. The Morgan fingerprint density at radius 1 is 1.22 bits per heavy atom. The number of nitrogens with zero attached hydrogens (tertiary/aromatic N) is 4. The Morgan fingerprint density at radius 2 is 2.00 bits per heavy atom. The van der Waals surface area contributed by atoms with Gasteiger partial charge >= 0.3 is 11.9 Å². The molecular weight excluding hydrogens is 536 g/mol. The molecule has 2 heterocycles. The second-order valence-corrected chi connectivity index (χ2v) is 10.7. The summed E-state index contributed by atoms with van der Waals surface area (Å²) in [6.07, 6.45) is 4.55. The molecule has 0 aliphatic heterocycles. The second kappa shape index (κ2) is 10.2. The maximum Gasteiger partial charge on any atom is 0.308 e. The van der Waals surface area contributed by atoms with Gasteiger partial charge in [0.05, 0.1) is 17.1 Å². The second-order valence-electron chi connectivity index (χ2n) is 9.86. The number of carbonyl (C=O) groups excluding carboxylic acids is 1. The third kappa shape index (κ3) is 5.08. The summed E-state index contributed by atoms with van der Waals surface area (Å²) in [6.45, 7) is 3.64. The van der Waals surface area contributed by atoms with Gasteiger partial charge in [0.1, 0.15) is 11.9 Å². The van der Waals surface area contributed by atoms with E-state index >= 15 is 0 Å². The average molecular weight is 565 g/mol. The SMILES string of the molecule is CC#CC(=O)N(c1ccc2c(n1)c(OC1CCCC(C(=O)O)C1)nn2C)c1cc(C)c(Br)cc1C1CC1. The van der Waals surface area contributed by atoms with E-state index in [0.717, 1.165) is 52.5 Å². The Hall–Kier alpha value is -3.38. The van der Waals surface area contributed by atoms with E-state index in [9.17, 15) is 14.7 Å². The number of pyridine rings is 1. The fourth-order valence-electron chi connectivity index (χ4n) is 5.03. The lowest BCUT2D eigenvalue weighted by atomic mass is 9.87.